The van der Waals surface area contributed by atoms with Crippen molar-refractivity contribution in [3.8, 4) is 17.2 Å². The summed E-state index contributed by atoms with van der Waals surface area (Å²) in [6, 6.07) is 7.49. The molecule has 0 saturated heterocycles. The molecule has 6 nitrogen and oxygen atoms in total. The van der Waals surface area contributed by atoms with E-state index in [0.29, 0.717) is 17.2 Å². The lowest BCUT2D eigenvalue weighted by Crippen LogP contribution is -2.00. The zero-order valence-corrected chi connectivity index (χ0v) is 14.6. The Morgan fingerprint density at radius 3 is 2.17 bits per heavy atom. The molecule has 0 saturated carbocycles. The molecule has 0 aliphatic rings. The van der Waals surface area contributed by atoms with E-state index in [-0.39, 0.29) is 6.61 Å². The quantitative estimate of drug-likeness (QED) is 0.576. The Bertz CT molecular complexity index is 684. The summed E-state index contributed by atoms with van der Waals surface area (Å²) in [4.78, 5) is 9.76. The van der Waals surface area contributed by atoms with E-state index in [2.05, 4.69) is 10.1 Å². The van der Waals surface area contributed by atoms with Crippen LogP contribution in [0.15, 0.2) is 29.4 Å². The molecule has 128 valence electrons. The van der Waals surface area contributed by atoms with Crippen LogP contribution in [0.2, 0.25) is 0 Å². The highest BCUT2D eigenvalue weighted by Gasteiger charge is 2.13. The number of ether oxygens (including phenoxy) is 3. The van der Waals surface area contributed by atoms with E-state index in [0.717, 1.165) is 22.5 Å². The molecule has 24 heavy (non-hydrogen) atoms. The molecule has 1 aromatic carbocycles. The van der Waals surface area contributed by atoms with Crippen LogP contribution in [-0.4, -0.2) is 32.5 Å². The maximum Gasteiger partial charge on any atom is 0.149 e. The molecule has 1 heterocycles. The van der Waals surface area contributed by atoms with Gasteiger partial charge in [-0.2, -0.15) is 0 Å². The summed E-state index contributed by atoms with van der Waals surface area (Å²) in [6.07, 6.45) is 1.59. The molecule has 0 amide bonds. The Labute approximate surface area is 142 Å². The number of aryl methyl sites for hydroxylation is 2. The third kappa shape index (κ3) is 4.38. The zero-order chi connectivity index (χ0) is 17.5. The minimum absolute atomic E-state index is 0.206. The van der Waals surface area contributed by atoms with Gasteiger partial charge in [-0.3, -0.25) is 4.98 Å². The first-order chi connectivity index (χ1) is 11.6. The van der Waals surface area contributed by atoms with Gasteiger partial charge >= 0.3 is 0 Å². The Morgan fingerprint density at radius 1 is 0.958 bits per heavy atom. The molecular weight excluding hydrogens is 308 g/mol. The van der Waals surface area contributed by atoms with E-state index in [1.807, 2.05) is 26.0 Å². The van der Waals surface area contributed by atoms with E-state index in [1.165, 1.54) is 0 Å². The maximum absolute atomic E-state index is 5.39. The van der Waals surface area contributed by atoms with E-state index in [1.54, 1.807) is 39.7 Å². The molecule has 0 unspecified atom stereocenters. The minimum atomic E-state index is 0.206. The third-order valence-corrected chi connectivity index (χ3v) is 3.40. The van der Waals surface area contributed by atoms with Crippen molar-refractivity contribution in [3.05, 3.63) is 46.8 Å². The maximum atomic E-state index is 5.39. The number of benzene rings is 1. The molecule has 0 bridgehead atoms. The zero-order valence-electron chi connectivity index (χ0n) is 14.6. The number of hydrogen-bond donors (Lipinski definition) is 0. The Morgan fingerprint density at radius 2 is 1.62 bits per heavy atom. The highest BCUT2D eigenvalue weighted by atomic mass is 16.6. The smallest absolute Gasteiger partial charge is 0.149 e. The first-order valence-corrected chi connectivity index (χ1v) is 7.47. The normalized spacial score (nSPS) is 10.7. The van der Waals surface area contributed by atoms with Crippen molar-refractivity contribution in [3.63, 3.8) is 0 Å². The summed E-state index contributed by atoms with van der Waals surface area (Å²) >= 11 is 0. The first-order valence-electron chi connectivity index (χ1n) is 7.47. The molecule has 0 aliphatic heterocycles. The molecule has 6 heteroatoms. The second-order valence-electron chi connectivity index (χ2n) is 5.23. The van der Waals surface area contributed by atoms with Crippen molar-refractivity contribution in [2.45, 2.75) is 20.5 Å². The van der Waals surface area contributed by atoms with E-state index in [9.17, 15) is 0 Å². The summed E-state index contributed by atoms with van der Waals surface area (Å²) < 4.78 is 16.0. The average Bonchev–Trinajstić information content (AvgIpc) is 2.57. The minimum Gasteiger partial charge on any atom is -0.496 e. The van der Waals surface area contributed by atoms with Gasteiger partial charge in [0.15, 0.2) is 0 Å². The lowest BCUT2D eigenvalue weighted by molar-refractivity contribution is 0.127. The van der Waals surface area contributed by atoms with Crippen LogP contribution in [0.25, 0.3) is 0 Å². The fourth-order valence-corrected chi connectivity index (χ4v) is 2.35. The number of nitrogens with zero attached hydrogens (tertiary/aromatic N) is 2. The number of hydrogen-bond acceptors (Lipinski definition) is 6. The predicted octanol–water partition coefficient (Wildman–Crippen LogP) is 3.27. The number of pyridine rings is 1. The fourth-order valence-electron chi connectivity index (χ4n) is 2.35. The summed E-state index contributed by atoms with van der Waals surface area (Å²) in [5.41, 5.74) is 3.57. The van der Waals surface area contributed by atoms with Gasteiger partial charge in [-0.1, -0.05) is 5.16 Å². The van der Waals surface area contributed by atoms with Crippen LogP contribution in [0.1, 0.15) is 22.5 Å². The molecule has 0 spiro atoms. The van der Waals surface area contributed by atoms with Crippen LogP contribution in [0.3, 0.4) is 0 Å². The van der Waals surface area contributed by atoms with Crippen molar-refractivity contribution in [1.29, 1.82) is 0 Å². The van der Waals surface area contributed by atoms with Gasteiger partial charge in [-0.05, 0) is 31.5 Å². The second-order valence-corrected chi connectivity index (χ2v) is 5.23. The van der Waals surface area contributed by atoms with E-state index < -0.39 is 0 Å². The topological polar surface area (TPSA) is 62.2 Å². The molecule has 0 fully saturated rings. The number of aromatic nitrogens is 1. The van der Waals surface area contributed by atoms with Crippen molar-refractivity contribution in [2.75, 3.05) is 21.3 Å². The molecule has 2 aromatic rings. The molecule has 0 aliphatic carbocycles. The largest absolute Gasteiger partial charge is 0.496 e. The van der Waals surface area contributed by atoms with E-state index in [4.69, 9.17) is 19.0 Å². The van der Waals surface area contributed by atoms with Crippen LogP contribution in [0, 0.1) is 13.8 Å². The Balaban J connectivity index is 2.12. The second kappa shape index (κ2) is 8.19. The summed E-state index contributed by atoms with van der Waals surface area (Å²) in [7, 11) is 4.76. The number of oxime groups is 1. The van der Waals surface area contributed by atoms with Gasteiger partial charge in [0.2, 0.25) is 0 Å². The summed E-state index contributed by atoms with van der Waals surface area (Å²) in [5, 5.41) is 3.98. The number of rotatable bonds is 7. The van der Waals surface area contributed by atoms with Gasteiger partial charge in [0.1, 0.15) is 23.9 Å². The summed E-state index contributed by atoms with van der Waals surface area (Å²) in [5.74, 6) is 1.88. The van der Waals surface area contributed by atoms with Gasteiger partial charge in [0, 0.05) is 17.8 Å². The van der Waals surface area contributed by atoms with Gasteiger partial charge in [0.25, 0.3) is 0 Å². The van der Waals surface area contributed by atoms with Crippen molar-refractivity contribution in [1.82, 2.24) is 4.98 Å². The monoisotopic (exact) mass is 330 g/mol. The van der Waals surface area contributed by atoms with Crippen LogP contribution in [-0.2, 0) is 11.4 Å². The lowest BCUT2D eigenvalue weighted by Gasteiger charge is -2.14. The third-order valence-electron chi connectivity index (χ3n) is 3.40. The molecule has 0 radical (unpaired) electrons. The van der Waals surface area contributed by atoms with Crippen LogP contribution in [0.5, 0.6) is 17.2 Å². The molecule has 2 rings (SSSR count). The van der Waals surface area contributed by atoms with Crippen LogP contribution < -0.4 is 14.2 Å². The van der Waals surface area contributed by atoms with Gasteiger partial charge in [0.05, 0.1) is 38.8 Å². The highest BCUT2D eigenvalue weighted by Crippen LogP contribution is 2.34. The molecule has 1 aromatic heterocycles. The fraction of sp³-hybridized carbons (Fsp3) is 0.333. The highest BCUT2D eigenvalue weighted by molar-refractivity contribution is 5.76. The van der Waals surface area contributed by atoms with Crippen molar-refractivity contribution in [2.24, 2.45) is 5.16 Å². The predicted molar refractivity (Wildman–Crippen MR) is 92.2 cm³/mol. The SMILES string of the molecule is COc1cc(OC)c(CO/N=C/c2cc(C)cc(C)n2)c(OC)c1. The van der Waals surface area contributed by atoms with Crippen molar-refractivity contribution >= 4 is 6.21 Å². The van der Waals surface area contributed by atoms with Gasteiger partial charge < -0.3 is 19.0 Å². The standard InChI is InChI=1S/C18H22N2O4/c1-12-6-13(2)20-14(7-12)10-19-24-11-16-17(22-4)8-15(21-3)9-18(16)23-5/h6-10H,11H2,1-5H3/b19-10+. The first kappa shape index (κ1) is 17.6. The Kier molecular flexibility index (Phi) is 6.01. The van der Waals surface area contributed by atoms with E-state index >= 15 is 0 Å². The van der Waals surface area contributed by atoms with Gasteiger partial charge in [-0.25, -0.2) is 0 Å². The van der Waals surface area contributed by atoms with Crippen LogP contribution >= 0.6 is 0 Å². The Hall–Kier alpha value is -2.76. The van der Waals surface area contributed by atoms with Gasteiger partial charge in [-0.15, -0.1) is 0 Å². The van der Waals surface area contributed by atoms with Crippen LogP contribution in [0.4, 0.5) is 0 Å². The van der Waals surface area contributed by atoms with Crippen molar-refractivity contribution < 1.29 is 19.0 Å². The molecule has 0 atom stereocenters. The molecular formula is C18H22N2O4. The average molecular weight is 330 g/mol. The molecule has 0 N–H and O–H groups in total. The number of methoxy groups -OCH3 is 3. The lowest BCUT2D eigenvalue weighted by atomic mass is 10.1. The summed E-state index contributed by atoms with van der Waals surface area (Å²) in [6.45, 7) is 4.16.